The van der Waals surface area contributed by atoms with Crippen LogP contribution >= 0.6 is 0 Å². The van der Waals surface area contributed by atoms with Crippen molar-refractivity contribution in [1.82, 2.24) is 0 Å². The van der Waals surface area contributed by atoms with Gasteiger partial charge in [0.15, 0.2) is 0 Å². The van der Waals surface area contributed by atoms with Gasteiger partial charge < -0.3 is 39.7 Å². The largest absolute Gasteiger partial charge is 0.487 e. The molecule has 5 N–H and O–H groups in total. The topological polar surface area (TPSA) is 153 Å². The van der Waals surface area contributed by atoms with Crippen LogP contribution < -0.4 is 4.74 Å². The molecule has 6 atom stereocenters. The van der Waals surface area contributed by atoms with Crippen LogP contribution in [0.15, 0.2) is 36.4 Å². The zero-order valence-corrected chi connectivity index (χ0v) is 19.8. The second-order valence-corrected chi connectivity index (χ2v) is 9.87. The molecule has 1 aliphatic carbocycles. The molecule has 3 aliphatic rings. The van der Waals surface area contributed by atoms with Gasteiger partial charge in [0.2, 0.25) is 5.79 Å². The first kappa shape index (κ1) is 25.1. The Bertz CT molecular complexity index is 1120. The highest BCUT2D eigenvalue weighted by Gasteiger charge is 2.55. The van der Waals surface area contributed by atoms with Crippen LogP contribution in [-0.4, -0.2) is 75.9 Å². The van der Waals surface area contributed by atoms with E-state index in [1.807, 2.05) is 12.1 Å². The van der Waals surface area contributed by atoms with Crippen molar-refractivity contribution in [2.75, 3.05) is 19.8 Å². The van der Waals surface area contributed by atoms with E-state index in [0.717, 1.165) is 5.56 Å². The second kappa shape index (κ2) is 10.1. The average molecular weight is 498 g/mol. The van der Waals surface area contributed by atoms with E-state index >= 15 is 0 Å². The molecule has 0 aromatic heterocycles. The summed E-state index contributed by atoms with van der Waals surface area (Å²) in [6, 6.07) is 13.4. The van der Waals surface area contributed by atoms with Crippen molar-refractivity contribution < 1.29 is 39.7 Å². The van der Waals surface area contributed by atoms with Gasteiger partial charge in [-0.15, -0.1) is 0 Å². The van der Waals surface area contributed by atoms with Crippen LogP contribution in [0.1, 0.15) is 53.0 Å². The van der Waals surface area contributed by atoms with Crippen LogP contribution in [0.4, 0.5) is 0 Å². The molecule has 5 rings (SSSR count). The summed E-state index contributed by atoms with van der Waals surface area (Å²) >= 11 is 0. The van der Waals surface area contributed by atoms with Crippen molar-refractivity contribution in [2.45, 2.75) is 67.9 Å². The molecule has 3 fully saturated rings. The fraction of sp³-hybridized carbons (Fsp3) is 0.519. The molecule has 192 valence electrons. The Balaban J connectivity index is 1.55. The van der Waals surface area contributed by atoms with Crippen LogP contribution in [0.25, 0.3) is 0 Å². The maximum Gasteiger partial charge on any atom is 0.226 e. The first-order chi connectivity index (χ1) is 17.3. The molecule has 0 unspecified atom stereocenters. The molecule has 36 heavy (non-hydrogen) atoms. The lowest BCUT2D eigenvalue weighted by atomic mass is 9.85. The Labute approximate surface area is 209 Å². The Morgan fingerprint density at radius 3 is 2.42 bits per heavy atom. The quantitative estimate of drug-likeness (QED) is 0.374. The van der Waals surface area contributed by atoms with E-state index in [-0.39, 0.29) is 17.4 Å². The van der Waals surface area contributed by atoms with Crippen molar-refractivity contribution in [2.24, 2.45) is 0 Å². The van der Waals surface area contributed by atoms with Gasteiger partial charge in [-0.25, -0.2) is 0 Å². The van der Waals surface area contributed by atoms with Crippen LogP contribution in [0.2, 0.25) is 0 Å². The summed E-state index contributed by atoms with van der Waals surface area (Å²) < 4.78 is 17.0. The summed E-state index contributed by atoms with van der Waals surface area (Å²) in [6.07, 6.45) is -3.69. The van der Waals surface area contributed by atoms with Crippen molar-refractivity contribution in [1.29, 1.82) is 5.26 Å². The van der Waals surface area contributed by atoms with Crippen LogP contribution in [-0.2, 0) is 21.7 Å². The van der Waals surface area contributed by atoms with Crippen molar-refractivity contribution in [3.63, 3.8) is 0 Å². The van der Waals surface area contributed by atoms with Crippen LogP contribution in [0.5, 0.6) is 5.75 Å². The SMILES string of the molecule is N#Cc1cc(O[C@H]2CCOC2)c([C@@]2(O)O[C@H](CO)[C@@H](O)[C@H](O)[C@H]2O)cc1Cc1ccc(C2CC2)cc1. The van der Waals surface area contributed by atoms with E-state index in [1.54, 1.807) is 0 Å². The molecule has 1 saturated carbocycles. The number of hydrogen-bond acceptors (Lipinski definition) is 9. The molecule has 2 heterocycles. The van der Waals surface area contributed by atoms with Gasteiger partial charge in [-0.05, 0) is 54.0 Å². The Morgan fingerprint density at radius 1 is 1.06 bits per heavy atom. The number of aliphatic hydroxyl groups is 5. The molecular formula is C27H31NO8. The number of nitriles is 1. The van der Waals surface area contributed by atoms with E-state index in [1.165, 1.54) is 30.5 Å². The number of aliphatic hydroxyl groups excluding tert-OH is 4. The summed E-state index contributed by atoms with van der Waals surface area (Å²) in [7, 11) is 0. The minimum atomic E-state index is -2.51. The number of rotatable bonds is 7. The zero-order chi connectivity index (χ0) is 25.4. The van der Waals surface area contributed by atoms with E-state index in [4.69, 9.17) is 14.2 Å². The molecule has 2 aromatic carbocycles. The maximum absolute atomic E-state index is 11.6. The molecule has 0 spiro atoms. The second-order valence-electron chi connectivity index (χ2n) is 9.87. The Hall–Kier alpha value is -2.55. The number of nitrogens with zero attached hydrogens (tertiary/aromatic N) is 1. The summed E-state index contributed by atoms with van der Waals surface area (Å²) in [5.41, 5.74) is 3.13. The van der Waals surface area contributed by atoms with Gasteiger partial charge in [0, 0.05) is 6.42 Å². The third-order valence-electron chi connectivity index (χ3n) is 7.28. The first-order valence-corrected chi connectivity index (χ1v) is 12.3. The van der Waals surface area contributed by atoms with Crippen molar-refractivity contribution in [3.8, 4) is 11.8 Å². The maximum atomic E-state index is 11.6. The van der Waals surface area contributed by atoms with E-state index in [2.05, 4.69) is 18.2 Å². The van der Waals surface area contributed by atoms with E-state index < -0.39 is 36.8 Å². The molecule has 9 nitrogen and oxygen atoms in total. The van der Waals surface area contributed by atoms with Gasteiger partial charge in [-0.2, -0.15) is 5.26 Å². The predicted molar refractivity (Wildman–Crippen MR) is 126 cm³/mol. The lowest BCUT2D eigenvalue weighted by Crippen LogP contribution is -2.63. The van der Waals surface area contributed by atoms with Gasteiger partial charge in [-0.3, -0.25) is 0 Å². The van der Waals surface area contributed by atoms with Crippen molar-refractivity contribution >= 4 is 0 Å². The average Bonchev–Trinajstić information content (AvgIpc) is 3.62. The van der Waals surface area contributed by atoms with Gasteiger partial charge in [-0.1, -0.05) is 24.3 Å². The predicted octanol–water partition coefficient (Wildman–Crippen LogP) is 0.813. The molecule has 0 amide bonds. The van der Waals surface area contributed by atoms with E-state index in [9.17, 15) is 30.8 Å². The fourth-order valence-corrected chi connectivity index (χ4v) is 4.96. The first-order valence-electron chi connectivity index (χ1n) is 12.3. The highest BCUT2D eigenvalue weighted by Crippen LogP contribution is 2.43. The molecular weight excluding hydrogens is 466 g/mol. The van der Waals surface area contributed by atoms with Gasteiger partial charge >= 0.3 is 0 Å². The normalized spacial score (nSPS) is 32.3. The number of ether oxygens (including phenoxy) is 3. The smallest absolute Gasteiger partial charge is 0.226 e. The van der Waals surface area contributed by atoms with Gasteiger partial charge in [0.1, 0.15) is 36.3 Å². The molecule has 2 aliphatic heterocycles. The number of hydrogen-bond donors (Lipinski definition) is 5. The molecule has 2 saturated heterocycles. The fourth-order valence-electron chi connectivity index (χ4n) is 4.96. The van der Waals surface area contributed by atoms with Gasteiger partial charge in [0.05, 0.1) is 37.0 Å². The van der Waals surface area contributed by atoms with Crippen molar-refractivity contribution in [3.05, 3.63) is 64.2 Å². The minimum Gasteiger partial charge on any atom is -0.487 e. The van der Waals surface area contributed by atoms with Crippen LogP contribution in [0.3, 0.4) is 0 Å². The zero-order valence-electron chi connectivity index (χ0n) is 19.8. The third kappa shape index (κ3) is 4.74. The minimum absolute atomic E-state index is 0.00472. The lowest BCUT2D eigenvalue weighted by Gasteiger charge is -2.46. The molecule has 0 radical (unpaired) electrons. The Morgan fingerprint density at radius 2 is 1.81 bits per heavy atom. The summed E-state index contributed by atoms with van der Waals surface area (Å²) in [5, 5.41) is 62.6. The highest BCUT2D eigenvalue weighted by molar-refractivity contribution is 5.52. The summed E-state index contributed by atoms with van der Waals surface area (Å²) in [6.45, 7) is 0.121. The molecule has 0 bridgehead atoms. The monoisotopic (exact) mass is 497 g/mol. The highest BCUT2D eigenvalue weighted by atomic mass is 16.7. The summed E-state index contributed by atoms with van der Waals surface area (Å²) in [5.74, 6) is -1.80. The summed E-state index contributed by atoms with van der Waals surface area (Å²) in [4.78, 5) is 0. The molecule has 2 aromatic rings. The Kier molecular flexibility index (Phi) is 7.03. The number of benzene rings is 2. The standard InChI is InChI=1S/C27H31NO8/c28-12-19-11-22(35-20-7-8-34-14-20)21(27(33)26(32)25(31)24(30)23(13-29)36-27)10-18(19)9-15-1-3-16(4-2-15)17-5-6-17/h1-4,10-11,17,20,23-26,29-33H,5-9,13-14H2/t20-,23+,24+,25-,26+,27+/m0/s1. The lowest BCUT2D eigenvalue weighted by molar-refractivity contribution is -0.358. The van der Waals surface area contributed by atoms with E-state index in [0.29, 0.717) is 43.1 Å². The van der Waals surface area contributed by atoms with Gasteiger partial charge in [0.25, 0.3) is 0 Å². The molecule has 9 heteroatoms. The third-order valence-corrected chi connectivity index (χ3v) is 7.28. The van der Waals surface area contributed by atoms with Crippen LogP contribution in [0, 0.1) is 11.3 Å².